The standard InChI is InChI=1S/C17H15N3O3S3/c1-12-8-9-13(25-12)11-18-19-17(21)14-5-2-3-6-15(14)20-26(22,23)16-7-4-10-24-16/h2-11,20H,1H3,(H,19,21)/b18-11+. The summed E-state index contributed by atoms with van der Waals surface area (Å²) < 4.78 is 27.4. The van der Waals surface area contributed by atoms with Crippen LogP contribution in [0.15, 0.2) is 63.2 Å². The molecule has 0 fully saturated rings. The molecule has 9 heteroatoms. The van der Waals surface area contributed by atoms with Gasteiger partial charge < -0.3 is 0 Å². The van der Waals surface area contributed by atoms with Gasteiger partial charge in [-0.3, -0.25) is 9.52 Å². The van der Waals surface area contributed by atoms with Gasteiger partial charge in [0.1, 0.15) is 4.21 Å². The van der Waals surface area contributed by atoms with E-state index in [0.29, 0.717) is 0 Å². The van der Waals surface area contributed by atoms with Crippen LogP contribution in [0.3, 0.4) is 0 Å². The lowest BCUT2D eigenvalue weighted by Gasteiger charge is -2.10. The number of hydrazone groups is 1. The quantitative estimate of drug-likeness (QED) is 0.484. The number of nitrogens with one attached hydrogen (secondary N) is 2. The topological polar surface area (TPSA) is 87.6 Å². The fourth-order valence-corrected chi connectivity index (χ4v) is 4.94. The third-order valence-corrected chi connectivity index (χ3v) is 6.99. The van der Waals surface area contributed by atoms with Crippen molar-refractivity contribution in [2.75, 3.05) is 4.72 Å². The van der Waals surface area contributed by atoms with E-state index in [-0.39, 0.29) is 15.5 Å². The monoisotopic (exact) mass is 405 g/mol. The largest absolute Gasteiger partial charge is 0.278 e. The highest BCUT2D eigenvalue weighted by molar-refractivity contribution is 7.94. The van der Waals surface area contributed by atoms with Crippen molar-refractivity contribution in [3.63, 3.8) is 0 Å². The van der Waals surface area contributed by atoms with Gasteiger partial charge in [-0.1, -0.05) is 18.2 Å². The minimum absolute atomic E-state index is 0.179. The third-order valence-electron chi connectivity index (χ3n) is 3.29. The first kappa shape index (κ1) is 18.3. The molecule has 0 saturated carbocycles. The van der Waals surface area contributed by atoms with Gasteiger partial charge in [-0.25, -0.2) is 13.8 Å². The Bertz CT molecular complexity index is 1040. The Kier molecular flexibility index (Phi) is 5.50. The molecular formula is C17H15N3O3S3. The summed E-state index contributed by atoms with van der Waals surface area (Å²) in [5.74, 6) is -0.501. The SMILES string of the molecule is Cc1ccc(/C=N/NC(=O)c2ccccc2NS(=O)(=O)c2cccs2)s1. The Morgan fingerprint density at radius 2 is 1.92 bits per heavy atom. The lowest BCUT2D eigenvalue weighted by atomic mass is 10.2. The first-order valence-corrected chi connectivity index (χ1v) is 10.7. The van der Waals surface area contributed by atoms with Crippen molar-refractivity contribution in [1.29, 1.82) is 0 Å². The molecule has 0 saturated heterocycles. The van der Waals surface area contributed by atoms with Gasteiger partial charge in [0.05, 0.1) is 17.5 Å². The maximum absolute atomic E-state index is 12.4. The van der Waals surface area contributed by atoms with Crippen LogP contribution in [0, 0.1) is 6.92 Å². The van der Waals surface area contributed by atoms with E-state index < -0.39 is 15.9 Å². The molecule has 0 unspecified atom stereocenters. The van der Waals surface area contributed by atoms with Crippen molar-refractivity contribution in [2.24, 2.45) is 5.10 Å². The van der Waals surface area contributed by atoms with E-state index in [1.54, 1.807) is 41.1 Å². The molecule has 3 aromatic rings. The van der Waals surface area contributed by atoms with E-state index in [2.05, 4.69) is 15.2 Å². The number of nitrogens with zero attached hydrogens (tertiary/aromatic N) is 1. The highest BCUT2D eigenvalue weighted by Gasteiger charge is 2.19. The Morgan fingerprint density at radius 3 is 2.62 bits per heavy atom. The number of aryl methyl sites for hydroxylation is 1. The maximum atomic E-state index is 12.4. The smallest absolute Gasteiger partial charge is 0.273 e. The molecule has 0 spiro atoms. The number of carbonyl (C=O) groups is 1. The zero-order valence-corrected chi connectivity index (χ0v) is 16.1. The van der Waals surface area contributed by atoms with E-state index in [0.717, 1.165) is 21.1 Å². The predicted octanol–water partition coefficient (Wildman–Crippen LogP) is 3.68. The molecule has 2 aromatic heterocycles. The summed E-state index contributed by atoms with van der Waals surface area (Å²) in [5.41, 5.74) is 2.80. The molecule has 0 aliphatic rings. The molecule has 3 rings (SSSR count). The lowest BCUT2D eigenvalue weighted by molar-refractivity contribution is 0.0956. The molecule has 0 aliphatic carbocycles. The minimum Gasteiger partial charge on any atom is -0.278 e. The van der Waals surface area contributed by atoms with Crippen LogP contribution >= 0.6 is 22.7 Å². The molecular weight excluding hydrogens is 390 g/mol. The summed E-state index contributed by atoms with van der Waals surface area (Å²) in [6.45, 7) is 1.98. The predicted molar refractivity (Wildman–Crippen MR) is 106 cm³/mol. The van der Waals surface area contributed by atoms with Crippen molar-refractivity contribution >= 4 is 50.5 Å². The van der Waals surface area contributed by atoms with Crippen molar-refractivity contribution in [3.05, 3.63) is 69.2 Å². The zero-order chi connectivity index (χ0) is 18.6. The van der Waals surface area contributed by atoms with E-state index >= 15 is 0 Å². The average Bonchev–Trinajstić information content (AvgIpc) is 3.27. The number of benzene rings is 1. The van der Waals surface area contributed by atoms with Gasteiger partial charge in [0.15, 0.2) is 0 Å². The number of rotatable bonds is 6. The minimum atomic E-state index is -3.73. The number of carbonyl (C=O) groups excluding carboxylic acids is 1. The second-order valence-electron chi connectivity index (χ2n) is 5.23. The fourth-order valence-electron chi connectivity index (χ4n) is 2.12. The number of sulfonamides is 1. The molecule has 1 aromatic carbocycles. The molecule has 134 valence electrons. The van der Waals surface area contributed by atoms with E-state index in [1.807, 2.05) is 19.1 Å². The number of hydrogen-bond donors (Lipinski definition) is 2. The lowest BCUT2D eigenvalue weighted by Crippen LogP contribution is -2.21. The summed E-state index contributed by atoms with van der Waals surface area (Å²) in [5, 5.41) is 5.60. The Labute approximate surface area is 159 Å². The first-order chi connectivity index (χ1) is 12.5. The third kappa shape index (κ3) is 4.37. The number of amides is 1. The van der Waals surface area contributed by atoms with Crippen molar-refractivity contribution in [1.82, 2.24) is 5.43 Å². The molecule has 0 aliphatic heterocycles. The number of para-hydroxylation sites is 1. The normalized spacial score (nSPS) is 11.6. The second kappa shape index (κ2) is 7.81. The van der Waals surface area contributed by atoms with Crippen LogP contribution in [0.25, 0.3) is 0 Å². The molecule has 1 amide bonds. The zero-order valence-electron chi connectivity index (χ0n) is 13.7. The van der Waals surface area contributed by atoms with Crippen molar-refractivity contribution in [2.45, 2.75) is 11.1 Å². The van der Waals surface area contributed by atoms with Gasteiger partial charge in [0, 0.05) is 9.75 Å². The van der Waals surface area contributed by atoms with Gasteiger partial charge in [0.25, 0.3) is 15.9 Å². The molecule has 0 bridgehead atoms. The molecule has 26 heavy (non-hydrogen) atoms. The molecule has 2 N–H and O–H groups in total. The molecule has 0 radical (unpaired) electrons. The van der Waals surface area contributed by atoms with Gasteiger partial charge in [-0.05, 0) is 42.6 Å². The average molecular weight is 406 g/mol. The second-order valence-corrected chi connectivity index (χ2v) is 9.41. The van der Waals surface area contributed by atoms with Gasteiger partial charge in [0.2, 0.25) is 0 Å². The summed E-state index contributed by atoms with van der Waals surface area (Å²) in [4.78, 5) is 14.4. The maximum Gasteiger partial charge on any atom is 0.273 e. The van der Waals surface area contributed by atoms with Crippen molar-refractivity contribution < 1.29 is 13.2 Å². The van der Waals surface area contributed by atoms with Gasteiger partial charge in [-0.15, -0.1) is 22.7 Å². The highest BCUT2D eigenvalue weighted by atomic mass is 32.2. The van der Waals surface area contributed by atoms with Gasteiger partial charge >= 0.3 is 0 Å². The van der Waals surface area contributed by atoms with Gasteiger partial charge in [-0.2, -0.15) is 5.10 Å². The number of thiophene rings is 2. The number of anilines is 1. The van der Waals surface area contributed by atoms with Crippen LogP contribution in [0.1, 0.15) is 20.1 Å². The van der Waals surface area contributed by atoms with E-state index in [1.165, 1.54) is 18.2 Å². The van der Waals surface area contributed by atoms with Crippen LogP contribution in [0.2, 0.25) is 0 Å². The highest BCUT2D eigenvalue weighted by Crippen LogP contribution is 2.22. The van der Waals surface area contributed by atoms with Crippen LogP contribution in [0.4, 0.5) is 5.69 Å². The fraction of sp³-hybridized carbons (Fsp3) is 0.0588. The molecule has 0 atom stereocenters. The summed E-state index contributed by atoms with van der Waals surface area (Å²) in [6.07, 6.45) is 1.55. The summed E-state index contributed by atoms with van der Waals surface area (Å²) in [6, 6.07) is 13.4. The van der Waals surface area contributed by atoms with E-state index in [9.17, 15) is 13.2 Å². The first-order valence-electron chi connectivity index (χ1n) is 7.51. The summed E-state index contributed by atoms with van der Waals surface area (Å²) in [7, 11) is -3.73. The Hall–Kier alpha value is -2.49. The molecule has 2 heterocycles. The van der Waals surface area contributed by atoms with Crippen LogP contribution < -0.4 is 10.1 Å². The molecule has 6 nitrogen and oxygen atoms in total. The van der Waals surface area contributed by atoms with Crippen LogP contribution in [-0.2, 0) is 10.0 Å². The van der Waals surface area contributed by atoms with Crippen LogP contribution in [0.5, 0.6) is 0 Å². The Morgan fingerprint density at radius 1 is 1.12 bits per heavy atom. The van der Waals surface area contributed by atoms with Crippen molar-refractivity contribution in [3.8, 4) is 0 Å². The Balaban J connectivity index is 1.76. The van der Waals surface area contributed by atoms with E-state index in [4.69, 9.17) is 0 Å². The van der Waals surface area contributed by atoms with Crippen LogP contribution in [-0.4, -0.2) is 20.5 Å². The number of hydrogen-bond acceptors (Lipinski definition) is 6. The summed E-state index contributed by atoms with van der Waals surface area (Å²) >= 11 is 2.66.